The highest BCUT2D eigenvalue weighted by atomic mass is 16.6. The van der Waals surface area contributed by atoms with Gasteiger partial charge in [-0.1, -0.05) is 0 Å². The highest BCUT2D eigenvalue weighted by Gasteiger charge is 2.30. The third kappa shape index (κ3) is 7.79. The molecule has 0 aromatic rings. The molecule has 1 fully saturated rings. The molecule has 1 N–H and O–H groups in total. The minimum Gasteiger partial charge on any atom is -0.466 e. The van der Waals surface area contributed by atoms with E-state index in [1.165, 1.54) is 0 Å². The molecule has 0 heterocycles. The number of hydrogen-bond acceptors (Lipinski definition) is 5. The number of esters is 1. The van der Waals surface area contributed by atoms with Gasteiger partial charge in [-0.2, -0.15) is 0 Å². The molecule has 0 aromatic carbocycles. The Bertz CT molecular complexity index is 422. The zero-order valence-corrected chi connectivity index (χ0v) is 15.3. The molecule has 6 heteroatoms. The number of nitrogens with one attached hydrogen (secondary N) is 1. The van der Waals surface area contributed by atoms with Gasteiger partial charge in [-0.05, 0) is 65.2 Å². The monoisotopic (exact) mass is 341 g/mol. The van der Waals surface area contributed by atoms with Gasteiger partial charge in [0, 0.05) is 18.9 Å². The van der Waals surface area contributed by atoms with Gasteiger partial charge in [0.15, 0.2) is 0 Å². The third-order valence-electron chi connectivity index (χ3n) is 4.27. The van der Waals surface area contributed by atoms with Gasteiger partial charge in [0.05, 0.1) is 6.61 Å². The molecule has 1 aliphatic carbocycles. The van der Waals surface area contributed by atoms with E-state index in [0.29, 0.717) is 18.9 Å². The number of carbonyl (C=O) groups is 3. The van der Waals surface area contributed by atoms with Crippen molar-refractivity contribution in [1.29, 1.82) is 0 Å². The van der Waals surface area contributed by atoms with Gasteiger partial charge in [0.2, 0.25) is 0 Å². The SMILES string of the molecule is CCOC(=O)CC1CCC(C(CC=O)NC(=O)OC(C)(C)C)CC1. The van der Waals surface area contributed by atoms with Crippen LogP contribution >= 0.6 is 0 Å². The minimum atomic E-state index is -0.562. The predicted octanol–water partition coefficient (Wildman–Crippen LogP) is 3.23. The van der Waals surface area contributed by atoms with E-state index in [0.717, 1.165) is 32.0 Å². The second-order valence-corrected chi connectivity index (χ2v) is 7.45. The largest absolute Gasteiger partial charge is 0.466 e. The Kier molecular flexibility index (Phi) is 8.22. The molecule has 1 amide bonds. The van der Waals surface area contributed by atoms with Crippen LogP contribution in [0.15, 0.2) is 0 Å². The lowest BCUT2D eigenvalue weighted by molar-refractivity contribution is -0.144. The molecule has 1 rings (SSSR count). The zero-order valence-electron chi connectivity index (χ0n) is 15.3. The third-order valence-corrected chi connectivity index (χ3v) is 4.27. The van der Waals surface area contributed by atoms with Crippen molar-refractivity contribution in [2.24, 2.45) is 11.8 Å². The lowest BCUT2D eigenvalue weighted by Gasteiger charge is -2.33. The molecule has 0 saturated heterocycles. The van der Waals surface area contributed by atoms with Crippen molar-refractivity contribution in [3.63, 3.8) is 0 Å². The summed E-state index contributed by atoms with van der Waals surface area (Å²) in [6.45, 7) is 7.64. The highest BCUT2D eigenvalue weighted by Crippen LogP contribution is 2.33. The number of ether oxygens (including phenoxy) is 2. The van der Waals surface area contributed by atoms with Gasteiger partial charge in [-0.3, -0.25) is 4.79 Å². The van der Waals surface area contributed by atoms with Crippen LogP contribution < -0.4 is 5.32 Å². The molecular weight excluding hydrogens is 310 g/mol. The number of aldehydes is 1. The van der Waals surface area contributed by atoms with E-state index in [9.17, 15) is 14.4 Å². The van der Waals surface area contributed by atoms with Crippen LogP contribution in [0.2, 0.25) is 0 Å². The van der Waals surface area contributed by atoms with Crippen LogP contribution in [0.5, 0.6) is 0 Å². The van der Waals surface area contributed by atoms with Crippen LogP contribution in [0.1, 0.15) is 66.2 Å². The minimum absolute atomic E-state index is 0.141. The summed E-state index contributed by atoms with van der Waals surface area (Å²) in [6, 6.07) is -0.208. The quantitative estimate of drug-likeness (QED) is 0.568. The molecule has 1 atom stereocenters. The number of rotatable bonds is 7. The van der Waals surface area contributed by atoms with E-state index in [4.69, 9.17) is 9.47 Å². The first-order valence-electron chi connectivity index (χ1n) is 8.84. The molecule has 0 spiro atoms. The maximum atomic E-state index is 12.0. The highest BCUT2D eigenvalue weighted by molar-refractivity contribution is 5.69. The second-order valence-electron chi connectivity index (χ2n) is 7.45. The first-order chi connectivity index (χ1) is 11.2. The molecule has 1 unspecified atom stereocenters. The van der Waals surface area contributed by atoms with Crippen molar-refractivity contribution in [3.8, 4) is 0 Å². The topological polar surface area (TPSA) is 81.7 Å². The van der Waals surface area contributed by atoms with Crippen molar-refractivity contribution in [1.82, 2.24) is 5.32 Å². The molecule has 138 valence electrons. The van der Waals surface area contributed by atoms with Crippen LogP contribution in [-0.4, -0.2) is 36.6 Å². The lowest BCUT2D eigenvalue weighted by atomic mass is 9.77. The molecule has 0 aliphatic heterocycles. The van der Waals surface area contributed by atoms with Crippen molar-refractivity contribution in [2.75, 3.05) is 6.61 Å². The van der Waals surface area contributed by atoms with E-state index in [-0.39, 0.29) is 24.3 Å². The molecule has 0 radical (unpaired) electrons. The van der Waals surface area contributed by atoms with Gasteiger partial charge in [0.1, 0.15) is 11.9 Å². The fourth-order valence-corrected chi connectivity index (χ4v) is 3.18. The smallest absolute Gasteiger partial charge is 0.407 e. The predicted molar refractivity (Wildman–Crippen MR) is 90.5 cm³/mol. The van der Waals surface area contributed by atoms with E-state index < -0.39 is 11.7 Å². The molecule has 1 aliphatic rings. The van der Waals surface area contributed by atoms with Gasteiger partial charge >= 0.3 is 12.1 Å². The average Bonchev–Trinajstić information content (AvgIpc) is 2.46. The summed E-state index contributed by atoms with van der Waals surface area (Å²) in [4.78, 5) is 34.5. The van der Waals surface area contributed by atoms with Crippen LogP contribution in [0.4, 0.5) is 4.79 Å². The van der Waals surface area contributed by atoms with Crippen molar-refractivity contribution in [3.05, 3.63) is 0 Å². The summed E-state index contributed by atoms with van der Waals surface area (Å²) in [5, 5.41) is 2.84. The number of carbonyl (C=O) groups excluding carboxylic acids is 3. The fraction of sp³-hybridized carbons (Fsp3) is 0.833. The summed E-state index contributed by atoms with van der Waals surface area (Å²) in [5.74, 6) is 0.428. The molecule has 0 aromatic heterocycles. The van der Waals surface area contributed by atoms with Crippen molar-refractivity contribution in [2.45, 2.75) is 77.9 Å². The van der Waals surface area contributed by atoms with Crippen LogP contribution in [0, 0.1) is 11.8 Å². The Balaban J connectivity index is 2.49. The van der Waals surface area contributed by atoms with E-state index >= 15 is 0 Å². The van der Waals surface area contributed by atoms with E-state index in [1.807, 2.05) is 20.8 Å². The van der Waals surface area contributed by atoms with E-state index in [2.05, 4.69) is 5.32 Å². The summed E-state index contributed by atoms with van der Waals surface area (Å²) in [7, 11) is 0. The molecule has 1 saturated carbocycles. The van der Waals surface area contributed by atoms with Crippen molar-refractivity contribution >= 4 is 18.3 Å². The summed E-state index contributed by atoms with van der Waals surface area (Å²) < 4.78 is 10.3. The first-order valence-corrected chi connectivity index (χ1v) is 8.84. The number of hydrogen-bond donors (Lipinski definition) is 1. The summed E-state index contributed by atoms with van der Waals surface area (Å²) in [5.41, 5.74) is -0.562. The summed E-state index contributed by atoms with van der Waals surface area (Å²) in [6.07, 6.45) is 4.70. The Hall–Kier alpha value is -1.59. The Morgan fingerprint density at radius 2 is 1.83 bits per heavy atom. The Morgan fingerprint density at radius 1 is 1.21 bits per heavy atom. The zero-order chi connectivity index (χ0) is 18.2. The van der Waals surface area contributed by atoms with Crippen molar-refractivity contribution < 1.29 is 23.9 Å². The van der Waals surface area contributed by atoms with Crippen LogP contribution in [0.3, 0.4) is 0 Å². The normalized spacial score (nSPS) is 22.3. The van der Waals surface area contributed by atoms with Gasteiger partial charge in [-0.25, -0.2) is 4.79 Å². The molecule has 0 bridgehead atoms. The number of amides is 1. The maximum absolute atomic E-state index is 12.0. The lowest BCUT2D eigenvalue weighted by Crippen LogP contribution is -2.44. The first kappa shape index (κ1) is 20.5. The molecule has 6 nitrogen and oxygen atoms in total. The molecular formula is C18H31NO5. The summed E-state index contributed by atoms with van der Waals surface area (Å²) >= 11 is 0. The Labute approximate surface area is 144 Å². The van der Waals surface area contributed by atoms with Gasteiger partial charge < -0.3 is 19.6 Å². The number of alkyl carbamates (subject to hydrolysis) is 1. The van der Waals surface area contributed by atoms with Crippen LogP contribution in [0.25, 0.3) is 0 Å². The molecule has 24 heavy (non-hydrogen) atoms. The average molecular weight is 341 g/mol. The maximum Gasteiger partial charge on any atom is 0.407 e. The van der Waals surface area contributed by atoms with E-state index in [1.54, 1.807) is 6.92 Å². The Morgan fingerprint density at radius 3 is 2.33 bits per heavy atom. The van der Waals surface area contributed by atoms with Crippen LogP contribution in [-0.2, 0) is 19.1 Å². The second kappa shape index (κ2) is 9.64. The fourth-order valence-electron chi connectivity index (χ4n) is 3.18. The standard InChI is InChI=1S/C18H31NO5/c1-5-23-16(21)12-13-6-8-14(9-7-13)15(10-11-20)19-17(22)24-18(2,3)4/h11,13-15H,5-10,12H2,1-4H3,(H,19,22). The van der Waals surface area contributed by atoms with Gasteiger partial charge in [-0.15, -0.1) is 0 Å². The van der Waals surface area contributed by atoms with Gasteiger partial charge in [0.25, 0.3) is 0 Å².